The van der Waals surface area contributed by atoms with E-state index in [4.69, 9.17) is 4.74 Å². The minimum atomic E-state index is -0.198. The fourth-order valence-corrected chi connectivity index (χ4v) is 3.45. The molecule has 2 aromatic carbocycles. The first-order chi connectivity index (χ1) is 12.1. The fraction of sp³-hybridized carbons (Fsp3) is 0.381. The molecule has 1 saturated carbocycles. The Kier molecular flexibility index (Phi) is 5.39. The predicted molar refractivity (Wildman–Crippen MR) is 98.7 cm³/mol. The number of hydrogen-bond acceptors (Lipinski definition) is 3. The first kappa shape index (κ1) is 17.5. The lowest BCUT2D eigenvalue weighted by atomic mass is 9.76. The summed E-state index contributed by atoms with van der Waals surface area (Å²) >= 11 is 0. The summed E-state index contributed by atoms with van der Waals surface area (Å²) in [4.78, 5) is 12.5. The van der Waals surface area contributed by atoms with E-state index < -0.39 is 0 Å². The Morgan fingerprint density at radius 2 is 1.88 bits per heavy atom. The molecular formula is C21H25NO3. The van der Waals surface area contributed by atoms with Crippen LogP contribution in [-0.4, -0.2) is 30.3 Å². The van der Waals surface area contributed by atoms with Gasteiger partial charge in [0.2, 0.25) is 0 Å². The molecule has 1 aliphatic rings. The van der Waals surface area contributed by atoms with Crippen LogP contribution >= 0.6 is 0 Å². The number of carbonyl (C=O) groups excluding carboxylic acids is 1. The highest BCUT2D eigenvalue weighted by atomic mass is 16.5. The number of hydrogen-bond donors (Lipinski definition) is 2. The fourth-order valence-electron chi connectivity index (χ4n) is 3.45. The molecule has 1 aliphatic carbocycles. The number of carbonyl (C=O) groups is 1. The molecule has 2 aromatic rings. The summed E-state index contributed by atoms with van der Waals surface area (Å²) in [5, 5.41) is 12.6. The number of ether oxygens (including phenoxy) is 1. The van der Waals surface area contributed by atoms with Crippen LogP contribution in [0.3, 0.4) is 0 Å². The highest BCUT2D eigenvalue weighted by Gasteiger charge is 2.33. The lowest BCUT2D eigenvalue weighted by Crippen LogP contribution is -2.46. The normalized spacial score (nSPS) is 20.4. The lowest BCUT2D eigenvalue weighted by molar-refractivity contribution is 0.0232. The van der Waals surface area contributed by atoms with Gasteiger partial charge in [0.15, 0.2) is 0 Å². The van der Waals surface area contributed by atoms with Crippen molar-refractivity contribution in [2.45, 2.75) is 38.3 Å². The first-order valence-corrected chi connectivity index (χ1v) is 8.84. The minimum absolute atomic E-state index is 0.0557. The third-order valence-electron chi connectivity index (χ3n) is 5.04. The van der Waals surface area contributed by atoms with Crippen LogP contribution in [0.5, 0.6) is 5.75 Å². The molecule has 0 heterocycles. The van der Waals surface area contributed by atoms with Crippen LogP contribution in [0.15, 0.2) is 48.5 Å². The minimum Gasteiger partial charge on any atom is -0.496 e. The molecule has 1 fully saturated rings. The zero-order valence-corrected chi connectivity index (χ0v) is 14.7. The van der Waals surface area contributed by atoms with Crippen molar-refractivity contribution >= 4 is 5.91 Å². The third kappa shape index (κ3) is 3.85. The van der Waals surface area contributed by atoms with Crippen LogP contribution in [0.2, 0.25) is 0 Å². The van der Waals surface area contributed by atoms with Gasteiger partial charge in [-0.2, -0.15) is 0 Å². The maximum absolute atomic E-state index is 12.5. The van der Waals surface area contributed by atoms with E-state index in [0.717, 1.165) is 36.1 Å². The molecule has 0 bridgehead atoms. The van der Waals surface area contributed by atoms with E-state index in [-0.39, 0.29) is 18.1 Å². The highest BCUT2D eigenvalue weighted by Crippen LogP contribution is 2.32. The second-order valence-corrected chi connectivity index (χ2v) is 6.65. The Hall–Kier alpha value is -2.33. The number of aliphatic hydroxyl groups excluding tert-OH is 1. The van der Waals surface area contributed by atoms with E-state index in [9.17, 15) is 9.90 Å². The van der Waals surface area contributed by atoms with Crippen molar-refractivity contribution in [3.63, 3.8) is 0 Å². The molecule has 1 amide bonds. The van der Waals surface area contributed by atoms with Crippen LogP contribution < -0.4 is 10.1 Å². The molecular weight excluding hydrogens is 314 g/mol. The standard InChI is InChI=1S/C21H25NO3/c1-3-19(16-12-17(23)13-16)22-21(24)15-10-8-14(9-11-15)18-6-4-5-7-20(18)25-2/h4-11,16-17,19,23H,3,12-13H2,1-2H3,(H,22,24)/t16?,17?,19-/m0/s1. The highest BCUT2D eigenvalue weighted by molar-refractivity contribution is 5.95. The van der Waals surface area contributed by atoms with Gasteiger partial charge in [0.05, 0.1) is 13.2 Å². The summed E-state index contributed by atoms with van der Waals surface area (Å²) in [6.07, 6.45) is 2.25. The van der Waals surface area contributed by atoms with E-state index in [2.05, 4.69) is 12.2 Å². The molecule has 2 N–H and O–H groups in total. The van der Waals surface area contributed by atoms with Gasteiger partial charge in [-0.1, -0.05) is 37.3 Å². The van der Waals surface area contributed by atoms with Gasteiger partial charge in [0.1, 0.15) is 5.75 Å². The molecule has 0 unspecified atom stereocenters. The van der Waals surface area contributed by atoms with Gasteiger partial charge >= 0.3 is 0 Å². The second-order valence-electron chi connectivity index (χ2n) is 6.65. The molecule has 25 heavy (non-hydrogen) atoms. The van der Waals surface area contributed by atoms with Gasteiger partial charge < -0.3 is 15.2 Å². The zero-order chi connectivity index (χ0) is 17.8. The number of rotatable bonds is 6. The molecule has 132 valence electrons. The van der Waals surface area contributed by atoms with Crippen molar-refractivity contribution in [1.29, 1.82) is 0 Å². The molecule has 4 nitrogen and oxygen atoms in total. The molecule has 1 atom stereocenters. The van der Waals surface area contributed by atoms with E-state index in [1.165, 1.54) is 0 Å². The van der Waals surface area contributed by atoms with Crippen LogP contribution in [0.25, 0.3) is 11.1 Å². The maximum Gasteiger partial charge on any atom is 0.251 e. The molecule has 4 heteroatoms. The van der Waals surface area contributed by atoms with E-state index >= 15 is 0 Å². The van der Waals surface area contributed by atoms with Crippen LogP contribution in [0, 0.1) is 5.92 Å². The first-order valence-electron chi connectivity index (χ1n) is 8.84. The van der Waals surface area contributed by atoms with Gasteiger partial charge in [0.25, 0.3) is 5.91 Å². The molecule has 0 saturated heterocycles. The summed E-state index contributed by atoms with van der Waals surface area (Å²) in [7, 11) is 1.66. The maximum atomic E-state index is 12.5. The monoisotopic (exact) mass is 339 g/mol. The number of para-hydroxylation sites is 1. The Balaban J connectivity index is 1.70. The van der Waals surface area contributed by atoms with Gasteiger partial charge in [0, 0.05) is 17.2 Å². The van der Waals surface area contributed by atoms with E-state index in [1.807, 2.05) is 48.5 Å². The number of benzene rings is 2. The summed E-state index contributed by atoms with van der Waals surface area (Å²) in [6, 6.07) is 15.5. The van der Waals surface area contributed by atoms with Crippen LogP contribution in [0.4, 0.5) is 0 Å². The quantitative estimate of drug-likeness (QED) is 0.845. The van der Waals surface area contributed by atoms with Crippen molar-refractivity contribution in [3.05, 3.63) is 54.1 Å². The summed E-state index contributed by atoms with van der Waals surface area (Å²) in [6.45, 7) is 2.07. The Bertz CT molecular complexity index is 720. The average molecular weight is 339 g/mol. The number of methoxy groups -OCH3 is 1. The van der Waals surface area contributed by atoms with Gasteiger partial charge in [-0.15, -0.1) is 0 Å². The molecule has 0 radical (unpaired) electrons. The van der Waals surface area contributed by atoms with Crippen molar-refractivity contribution < 1.29 is 14.6 Å². The number of amides is 1. The zero-order valence-electron chi connectivity index (χ0n) is 14.7. The van der Waals surface area contributed by atoms with Crippen LogP contribution in [-0.2, 0) is 0 Å². The topological polar surface area (TPSA) is 58.6 Å². The molecule has 3 rings (SSSR count). The molecule has 0 aromatic heterocycles. The van der Waals surface area contributed by atoms with Gasteiger partial charge in [-0.05, 0) is 48.9 Å². The van der Waals surface area contributed by atoms with Crippen LogP contribution in [0.1, 0.15) is 36.5 Å². The Morgan fingerprint density at radius 3 is 2.48 bits per heavy atom. The van der Waals surface area contributed by atoms with E-state index in [0.29, 0.717) is 11.5 Å². The molecule has 0 spiro atoms. The van der Waals surface area contributed by atoms with Gasteiger partial charge in [-0.3, -0.25) is 4.79 Å². The average Bonchev–Trinajstić information content (AvgIpc) is 2.63. The lowest BCUT2D eigenvalue weighted by Gasteiger charge is -2.37. The molecule has 0 aliphatic heterocycles. The largest absolute Gasteiger partial charge is 0.496 e. The van der Waals surface area contributed by atoms with Crippen molar-refractivity contribution in [2.75, 3.05) is 7.11 Å². The van der Waals surface area contributed by atoms with Crippen molar-refractivity contribution in [3.8, 4) is 16.9 Å². The van der Waals surface area contributed by atoms with E-state index in [1.54, 1.807) is 7.11 Å². The SMILES string of the molecule is CC[C@H](NC(=O)c1ccc(-c2ccccc2OC)cc1)C1CC(O)C1. The third-order valence-corrected chi connectivity index (χ3v) is 5.04. The number of nitrogens with one attached hydrogen (secondary N) is 1. The Morgan fingerprint density at radius 1 is 1.20 bits per heavy atom. The second kappa shape index (κ2) is 7.70. The van der Waals surface area contributed by atoms with Crippen molar-refractivity contribution in [2.24, 2.45) is 5.92 Å². The predicted octanol–water partition coefficient (Wildman–Crippen LogP) is 3.64. The number of aliphatic hydroxyl groups is 1. The summed E-state index contributed by atoms with van der Waals surface area (Å²) in [5.74, 6) is 1.14. The smallest absolute Gasteiger partial charge is 0.251 e. The summed E-state index contributed by atoms with van der Waals surface area (Å²) in [5.41, 5.74) is 2.67. The van der Waals surface area contributed by atoms with Gasteiger partial charge in [-0.25, -0.2) is 0 Å². The Labute approximate surface area is 148 Å². The summed E-state index contributed by atoms with van der Waals surface area (Å²) < 4.78 is 5.40. The van der Waals surface area contributed by atoms with Crippen molar-refractivity contribution in [1.82, 2.24) is 5.32 Å².